The first-order chi connectivity index (χ1) is 11.0. The fourth-order valence-corrected chi connectivity index (χ4v) is 4.05. The zero-order valence-electron chi connectivity index (χ0n) is 14.0. The lowest BCUT2D eigenvalue weighted by Crippen LogP contribution is -2.44. The standard InChI is InChI=1S/C19H28N2O2/c1-19(10-15-6-2-3-7-16(15)11-19)13-21-18(23)20-12-14-5-4-8-17(22)9-14/h2-3,6-7,14,17,22H,4-5,8-13H2,1H3,(H2,20,21,23)/t14-,17-/m0/s1. The second-order valence-electron chi connectivity index (χ2n) is 7.68. The van der Waals surface area contributed by atoms with E-state index in [2.05, 4.69) is 41.8 Å². The number of fused-ring (bicyclic) bond motifs is 1. The van der Waals surface area contributed by atoms with Gasteiger partial charge in [0.05, 0.1) is 6.10 Å². The van der Waals surface area contributed by atoms with Gasteiger partial charge in [-0.2, -0.15) is 0 Å². The van der Waals surface area contributed by atoms with Gasteiger partial charge in [-0.1, -0.05) is 37.6 Å². The summed E-state index contributed by atoms with van der Waals surface area (Å²) in [5.41, 5.74) is 2.93. The summed E-state index contributed by atoms with van der Waals surface area (Å²) in [7, 11) is 0. The van der Waals surface area contributed by atoms with Crippen molar-refractivity contribution < 1.29 is 9.90 Å². The van der Waals surface area contributed by atoms with Crippen LogP contribution in [-0.2, 0) is 12.8 Å². The molecule has 0 radical (unpaired) electrons. The Balaban J connectivity index is 1.41. The molecular formula is C19H28N2O2. The highest BCUT2D eigenvalue weighted by molar-refractivity contribution is 5.73. The highest BCUT2D eigenvalue weighted by Crippen LogP contribution is 2.35. The molecule has 23 heavy (non-hydrogen) atoms. The predicted molar refractivity (Wildman–Crippen MR) is 91.3 cm³/mol. The summed E-state index contributed by atoms with van der Waals surface area (Å²) >= 11 is 0. The molecule has 0 bridgehead atoms. The topological polar surface area (TPSA) is 61.4 Å². The molecule has 1 aromatic carbocycles. The molecule has 2 aliphatic rings. The Bertz CT molecular complexity index is 533. The fraction of sp³-hybridized carbons (Fsp3) is 0.632. The largest absolute Gasteiger partial charge is 0.393 e. The molecule has 3 N–H and O–H groups in total. The van der Waals surface area contributed by atoms with Crippen molar-refractivity contribution in [1.82, 2.24) is 10.6 Å². The number of benzene rings is 1. The summed E-state index contributed by atoms with van der Waals surface area (Å²) in [5, 5.41) is 15.7. The third-order valence-electron chi connectivity index (χ3n) is 5.33. The van der Waals surface area contributed by atoms with Crippen molar-refractivity contribution in [2.24, 2.45) is 11.3 Å². The molecule has 2 atom stereocenters. The van der Waals surface area contributed by atoms with Crippen LogP contribution in [0.5, 0.6) is 0 Å². The van der Waals surface area contributed by atoms with Crippen molar-refractivity contribution in [1.29, 1.82) is 0 Å². The first-order valence-corrected chi connectivity index (χ1v) is 8.81. The van der Waals surface area contributed by atoms with Gasteiger partial charge < -0.3 is 15.7 Å². The molecule has 3 rings (SSSR count). The van der Waals surface area contributed by atoms with Gasteiger partial charge in [0.25, 0.3) is 0 Å². The molecule has 4 nitrogen and oxygen atoms in total. The summed E-state index contributed by atoms with van der Waals surface area (Å²) in [6.07, 6.45) is 5.75. The van der Waals surface area contributed by atoms with Crippen LogP contribution in [-0.4, -0.2) is 30.3 Å². The van der Waals surface area contributed by atoms with Gasteiger partial charge in [-0.15, -0.1) is 0 Å². The molecule has 4 heteroatoms. The maximum Gasteiger partial charge on any atom is 0.314 e. The Morgan fingerprint density at radius 1 is 1.22 bits per heavy atom. The summed E-state index contributed by atoms with van der Waals surface area (Å²) in [5.74, 6) is 0.413. The van der Waals surface area contributed by atoms with Crippen LogP contribution in [0.2, 0.25) is 0 Å². The third-order valence-corrected chi connectivity index (χ3v) is 5.33. The second kappa shape index (κ2) is 6.91. The van der Waals surface area contributed by atoms with E-state index in [0.29, 0.717) is 19.0 Å². The van der Waals surface area contributed by atoms with Gasteiger partial charge in [0.2, 0.25) is 0 Å². The van der Waals surface area contributed by atoms with E-state index in [9.17, 15) is 9.90 Å². The number of hydrogen-bond acceptors (Lipinski definition) is 2. The van der Waals surface area contributed by atoms with Gasteiger partial charge in [0.1, 0.15) is 0 Å². The zero-order valence-corrected chi connectivity index (χ0v) is 14.0. The second-order valence-corrected chi connectivity index (χ2v) is 7.68. The van der Waals surface area contributed by atoms with Crippen LogP contribution in [0, 0.1) is 11.3 Å². The van der Waals surface area contributed by atoms with Crippen LogP contribution in [0.1, 0.15) is 43.7 Å². The molecule has 0 spiro atoms. The van der Waals surface area contributed by atoms with Crippen LogP contribution in [0.4, 0.5) is 4.79 Å². The molecular weight excluding hydrogens is 288 g/mol. The zero-order chi connectivity index (χ0) is 16.3. The molecule has 0 unspecified atom stereocenters. The number of amides is 2. The Hall–Kier alpha value is -1.55. The van der Waals surface area contributed by atoms with Crippen molar-refractivity contribution in [2.45, 2.75) is 51.6 Å². The van der Waals surface area contributed by atoms with Crippen LogP contribution in [0.15, 0.2) is 24.3 Å². The van der Waals surface area contributed by atoms with Crippen molar-refractivity contribution in [3.8, 4) is 0 Å². The molecule has 126 valence electrons. The molecule has 0 saturated heterocycles. The minimum absolute atomic E-state index is 0.0813. The van der Waals surface area contributed by atoms with E-state index < -0.39 is 0 Å². The van der Waals surface area contributed by atoms with E-state index in [-0.39, 0.29) is 17.6 Å². The lowest BCUT2D eigenvalue weighted by molar-refractivity contribution is 0.101. The number of urea groups is 1. The summed E-state index contributed by atoms with van der Waals surface area (Å²) in [6, 6.07) is 8.47. The lowest BCUT2D eigenvalue weighted by Gasteiger charge is -2.27. The summed E-state index contributed by atoms with van der Waals surface area (Å²) in [6.45, 7) is 3.60. The fourth-order valence-electron chi connectivity index (χ4n) is 4.05. The predicted octanol–water partition coefficient (Wildman–Crippen LogP) is 2.64. The van der Waals surface area contributed by atoms with Gasteiger partial charge >= 0.3 is 6.03 Å². The molecule has 1 saturated carbocycles. The van der Waals surface area contributed by atoms with Crippen molar-refractivity contribution in [3.63, 3.8) is 0 Å². The number of aliphatic hydroxyl groups is 1. The Kier molecular flexibility index (Phi) is 4.90. The van der Waals surface area contributed by atoms with Gasteiger partial charge in [-0.25, -0.2) is 4.79 Å². The van der Waals surface area contributed by atoms with Gasteiger partial charge in [0, 0.05) is 13.1 Å². The minimum Gasteiger partial charge on any atom is -0.393 e. The number of aliphatic hydroxyl groups excluding tert-OH is 1. The molecule has 1 aromatic rings. The van der Waals surface area contributed by atoms with Gasteiger partial charge in [0.15, 0.2) is 0 Å². The summed E-state index contributed by atoms with van der Waals surface area (Å²) < 4.78 is 0. The highest BCUT2D eigenvalue weighted by Gasteiger charge is 2.32. The van der Waals surface area contributed by atoms with E-state index in [1.807, 2.05) is 0 Å². The number of nitrogens with one attached hydrogen (secondary N) is 2. The summed E-state index contributed by atoms with van der Waals surface area (Å²) in [4.78, 5) is 12.1. The number of carbonyl (C=O) groups is 1. The van der Waals surface area contributed by atoms with Crippen molar-refractivity contribution >= 4 is 6.03 Å². The van der Waals surface area contributed by atoms with Crippen LogP contribution in [0.3, 0.4) is 0 Å². The SMILES string of the molecule is CC1(CNC(=O)NC[C@H]2CCC[C@H](O)C2)Cc2ccccc2C1. The maximum absolute atomic E-state index is 12.1. The third kappa shape index (κ3) is 4.25. The number of rotatable bonds is 4. The van der Waals surface area contributed by atoms with Crippen molar-refractivity contribution in [2.75, 3.05) is 13.1 Å². The van der Waals surface area contributed by atoms with E-state index in [1.54, 1.807) is 0 Å². The van der Waals surface area contributed by atoms with Gasteiger partial charge in [-0.05, 0) is 54.6 Å². The van der Waals surface area contributed by atoms with Crippen LogP contribution < -0.4 is 10.6 Å². The molecule has 2 aliphatic carbocycles. The van der Waals surface area contributed by atoms with Crippen LogP contribution >= 0.6 is 0 Å². The Morgan fingerprint density at radius 3 is 2.57 bits per heavy atom. The number of carbonyl (C=O) groups excluding carboxylic acids is 1. The lowest BCUT2D eigenvalue weighted by atomic mass is 9.87. The van der Waals surface area contributed by atoms with Crippen molar-refractivity contribution in [3.05, 3.63) is 35.4 Å². The van der Waals surface area contributed by atoms with E-state index in [4.69, 9.17) is 0 Å². The number of hydrogen-bond donors (Lipinski definition) is 3. The Morgan fingerprint density at radius 2 is 1.91 bits per heavy atom. The monoisotopic (exact) mass is 316 g/mol. The maximum atomic E-state index is 12.1. The van der Waals surface area contributed by atoms with E-state index in [0.717, 1.165) is 38.5 Å². The molecule has 2 amide bonds. The van der Waals surface area contributed by atoms with E-state index in [1.165, 1.54) is 11.1 Å². The molecule has 0 heterocycles. The quantitative estimate of drug-likeness (QED) is 0.800. The first-order valence-electron chi connectivity index (χ1n) is 8.81. The normalized spacial score (nSPS) is 25.7. The smallest absolute Gasteiger partial charge is 0.314 e. The van der Waals surface area contributed by atoms with Crippen LogP contribution in [0.25, 0.3) is 0 Å². The average molecular weight is 316 g/mol. The highest BCUT2D eigenvalue weighted by atomic mass is 16.3. The average Bonchev–Trinajstić information content (AvgIpc) is 2.88. The molecule has 0 aliphatic heterocycles. The minimum atomic E-state index is -0.186. The molecule has 1 fully saturated rings. The van der Waals surface area contributed by atoms with E-state index >= 15 is 0 Å². The van der Waals surface area contributed by atoms with Gasteiger partial charge in [-0.3, -0.25) is 0 Å². The first kappa shape index (κ1) is 16.3. The Labute approximate surface area is 138 Å². The molecule has 0 aromatic heterocycles.